The quantitative estimate of drug-likeness (QED) is 0.815. The summed E-state index contributed by atoms with van der Waals surface area (Å²) in [5.41, 5.74) is 0.957. The molecule has 0 saturated heterocycles. The first-order valence-corrected chi connectivity index (χ1v) is 8.19. The highest BCUT2D eigenvalue weighted by atomic mass is 32.2. The number of hydrogen-bond acceptors (Lipinski definition) is 4. The molecule has 0 amide bonds. The molecular formula is C12H18N2O2S2. The molecule has 0 aliphatic heterocycles. The van der Waals surface area contributed by atoms with E-state index in [2.05, 4.69) is 15.8 Å². The van der Waals surface area contributed by atoms with Crippen LogP contribution in [0, 0.1) is 6.92 Å². The van der Waals surface area contributed by atoms with E-state index in [9.17, 15) is 4.79 Å². The van der Waals surface area contributed by atoms with Crippen LogP contribution in [-0.4, -0.2) is 37.4 Å². The molecule has 0 unspecified atom stereocenters. The molecule has 0 spiro atoms. The summed E-state index contributed by atoms with van der Waals surface area (Å²) in [6.45, 7) is 2.89. The number of imidazole rings is 1. The monoisotopic (exact) mass is 286 g/mol. The molecular weight excluding hydrogens is 268 g/mol. The van der Waals surface area contributed by atoms with Gasteiger partial charge in [0.2, 0.25) is 0 Å². The van der Waals surface area contributed by atoms with Gasteiger partial charge in [0.05, 0.1) is 11.4 Å². The molecule has 4 nitrogen and oxygen atoms in total. The lowest BCUT2D eigenvalue weighted by Crippen LogP contribution is -2.37. The van der Waals surface area contributed by atoms with E-state index in [4.69, 9.17) is 5.11 Å². The third kappa shape index (κ3) is 3.03. The first kappa shape index (κ1) is 13.8. The molecule has 0 bridgehead atoms. The minimum atomic E-state index is -0.796. The fourth-order valence-corrected chi connectivity index (χ4v) is 3.90. The molecule has 18 heavy (non-hydrogen) atoms. The van der Waals surface area contributed by atoms with Crippen LogP contribution in [0.15, 0.2) is 11.4 Å². The van der Waals surface area contributed by atoms with Gasteiger partial charge in [-0.1, -0.05) is 18.2 Å². The number of rotatable bonds is 6. The molecule has 100 valence electrons. The van der Waals surface area contributed by atoms with Crippen molar-refractivity contribution in [3.63, 3.8) is 0 Å². The predicted octanol–water partition coefficient (Wildman–Crippen LogP) is 2.65. The molecule has 0 atom stereocenters. The Balaban J connectivity index is 2.09. The maximum Gasteiger partial charge on any atom is 0.313 e. The summed E-state index contributed by atoms with van der Waals surface area (Å²) < 4.78 is 2.46. The molecule has 1 heterocycles. The molecule has 1 N–H and O–H groups in total. The summed E-state index contributed by atoms with van der Waals surface area (Å²) in [6.07, 6.45) is 7.97. The number of aliphatic carboxylic acids is 1. The second-order valence-corrected chi connectivity index (χ2v) is 6.93. The van der Waals surface area contributed by atoms with E-state index in [1.807, 2.05) is 24.9 Å². The summed E-state index contributed by atoms with van der Waals surface area (Å²) >= 11 is 3.23. The van der Waals surface area contributed by atoms with E-state index < -0.39 is 5.97 Å². The van der Waals surface area contributed by atoms with Crippen molar-refractivity contribution in [1.82, 2.24) is 9.55 Å². The van der Waals surface area contributed by atoms with E-state index in [-0.39, 0.29) is 5.75 Å². The number of aryl methyl sites for hydroxylation is 1. The predicted molar refractivity (Wildman–Crippen MR) is 75.4 cm³/mol. The SMILES string of the molecule is CSC1(Cn2cc(C)nc2SCC(=O)O)CCC1. The summed E-state index contributed by atoms with van der Waals surface area (Å²) in [7, 11) is 0. The topological polar surface area (TPSA) is 55.1 Å². The van der Waals surface area contributed by atoms with Crippen molar-refractivity contribution in [1.29, 1.82) is 0 Å². The third-order valence-corrected chi connectivity index (χ3v) is 5.72. The number of carboxylic acid groups (broad SMARTS) is 1. The lowest BCUT2D eigenvalue weighted by molar-refractivity contribution is -0.133. The van der Waals surface area contributed by atoms with Crippen LogP contribution < -0.4 is 0 Å². The minimum absolute atomic E-state index is 0.0721. The van der Waals surface area contributed by atoms with Crippen LogP contribution in [0.5, 0.6) is 0 Å². The highest BCUT2D eigenvalue weighted by Gasteiger charge is 2.37. The van der Waals surface area contributed by atoms with E-state index >= 15 is 0 Å². The van der Waals surface area contributed by atoms with E-state index in [1.54, 1.807) is 0 Å². The first-order valence-electron chi connectivity index (χ1n) is 5.98. The molecule has 6 heteroatoms. The van der Waals surface area contributed by atoms with Crippen LogP contribution in [0.1, 0.15) is 25.0 Å². The second kappa shape index (κ2) is 5.57. The van der Waals surface area contributed by atoms with Crippen molar-refractivity contribution in [3.05, 3.63) is 11.9 Å². The zero-order valence-corrected chi connectivity index (χ0v) is 12.3. The van der Waals surface area contributed by atoms with Crippen LogP contribution >= 0.6 is 23.5 Å². The summed E-state index contributed by atoms with van der Waals surface area (Å²) in [6, 6.07) is 0. The minimum Gasteiger partial charge on any atom is -0.481 e. The van der Waals surface area contributed by atoms with E-state index in [1.165, 1.54) is 31.0 Å². The van der Waals surface area contributed by atoms with Gasteiger partial charge in [-0.3, -0.25) is 4.79 Å². The normalized spacial score (nSPS) is 17.4. The van der Waals surface area contributed by atoms with E-state index in [0.717, 1.165) is 17.4 Å². The molecule has 1 aliphatic carbocycles. The number of thioether (sulfide) groups is 2. The summed E-state index contributed by atoms with van der Waals surface area (Å²) in [5, 5.41) is 9.58. The van der Waals surface area contributed by atoms with Crippen molar-refractivity contribution < 1.29 is 9.90 Å². The van der Waals surface area contributed by atoms with Gasteiger partial charge in [-0.2, -0.15) is 11.8 Å². The number of hydrogen-bond donors (Lipinski definition) is 1. The van der Waals surface area contributed by atoms with Crippen molar-refractivity contribution in [3.8, 4) is 0 Å². The maximum absolute atomic E-state index is 10.6. The third-order valence-electron chi connectivity index (χ3n) is 3.34. The van der Waals surface area contributed by atoms with Gasteiger partial charge in [0.1, 0.15) is 0 Å². The van der Waals surface area contributed by atoms with Gasteiger partial charge < -0.3 is 9.67 Å². The Morgan fingerprint density at radius 1 is 1.61 bits per heavy atom. The molecule has 1 saturated carbocycles. The molecule has 0 aromatic carbocycles. The van der Waals surface area contributed by atoms with Gasteiger partial charge in [0.15, 0.2) is 5.16 Å². The van der Waals surface area contributed by atoms with Gasteiger partial charge in [-0.05, 0) is 26.0 Å². The Morgan fingerprint density at radius 2 is 2.33 bits per heavy atom. The van der Waals surface area contributed by atoms with Gasteiger partial charge in [-0.15, -0.1) is 0 Å². The Morgan fingerprint density at radius 3 is 2.83 bits per heavy atom. The Bertz CT molecular complexity index is 436. The zero-order chi connectivity index (χ0) is 13.2. The van der Waals surface area contributed by atoms with E-state index in [0.29, 0.717) is 4.75 Å². The maximum atomic E-state index is 10.6. The van der Waals surface area contributed by atoms with Crippen LogP contribution in [0.4, 0.5) is 0 Å². The zero-order valence-electron chi connectivity index (χ0n) is 10.7. The lowest BCUT2D eigenvalue weighted by atomic mass is 9.84. The highest BCUT2D eigenvalue weighted by Crippen LogP contribution is 2.44. The largest absolute Gasteiger partial charge is 0.481 e. The van der Waals surface area contributed by atoms with Crippen LogP contribution in [0.3, 0.4) is 0 Å². The number of carboxylic acids is 1. The fraction of sp³-hybridized carbons (Fsp3) is 0.667. The molecule has 1 aromatic rings. The molecule has 1 fully saturated rings. The van der Waals surface area contributed by atoms with Gasteiger partial charge in [-0.25, -0.2) is 4.98 Å². The second-order valence-electron chi connectivity index (χ2n) is 4.72. The average molecular weight is 286 g/mol. The fourth-order valence-electron chi connectivity index (χ4n) is 2.19. The number of aromatic nitrogens is 2. The standard InChI is InChI=1S/C12H18N2O2S2/c1-9-6-14(8-12(17-2)4-3-5-12)11(13-9)18-7-10(15)16/h6H,3-5,7-8H2,1-2H3,(H,15,16). The lowest BCUT2D eigenvalue weighted by Gasteiger charge is -2.40. The highest BCUT2D eigenvalue weighted by molar-refractivity contribution is 8.00. The Kier molecular flexibility index (Phi) is 4.27. The van der Waals surface area contributed by atoms with Gasteiger partial charge >= 0.3 is 5.97 Å². The van der Waals surface area contributed by atoms with Crippen LogP contribution in [0.2, 0.25) is 0 Å². The molecule has 1 aromatic heterocycles. The van der Waals surface area contributed by atoms with Crippen LogP contribution in [-0.2, 0) is 11.3 Å². The summed E-state index contributed by atoms with van der Waals surface area (Å²) in [4.78, 5) is 15.1. The first-order chi connectivity index (χ1) is 8.54. The Hall–Kier alpha value is -0.620. The van der Waals surface area contributed by atoms with Crippen molar-refractivity contribution in [2.45, 2.75) is 42.6 Å². The van der Waals surface area contributed by atoms with Gasteiger partial charge in [0.25, 0.3) is 0 Å². The number of carbonyl (C=O) groups is 1. The van der Waals surface area contributed by atoms with Crippen molar-refractivity contribution >= 4 is 29.5 Å². The van der Waals surface area contributed by atoms with Gasteiger partial charge in [0, 0.05) is 17.5 Å². The molecule has 2 rings (SSSR count). The number of nitrogens with zero attached hydrogens (tertiary/aromatic N) is 2. The van der Waals surface area contributed by atoms with Crippen molar-refractivity contribution in [2.75, 3.05) is 12.0 Å². The van der Waals surface area contributed by atoms with Crippen molar-refractivity contribution in [2.24, 2.45) is 0 Å². The summed E-state index contributed by atoms with van der Waals surface area (Å²) in [5.74, 6) is -0.724. The average Bonchev–Trinajstić information content (AvgIpc) is 2.61. The van der Waals surface area contributed by atoms with Crippen LogP contribution in [0.25, 0.3) is 0 Å². The smallest absolute Gasteiger partial charge is 0.313 e. The Labute approximate surface area is 116 Å². The molecule has 0 radical (unpaired) electrons. The molecule has 1 aliphatic rings.